The first-order chi connectivity index (χ1) is 12.6. The maximum Gasteiger partial charge on any atom is 0.238 e. The Morgan fingerprint density at radius 2 is 2.04 bits per heavy atom. The smallest absolute Gasteiger partial charge is 0.238 e. The average molecular weight is 355 g/mol. The molecule has 0 unspecified atom stereocenters. The molecule has 6 nitrogen and oxygen atoms in total. The van der Waals surface area contributed by atoms with Gasteiger partial charge in [-0.05, 0) is 37.0 Å². The van der Waals surface area contributed by atoms with Gasteiger partial charge in [-0.2, -0.15) is 5.26 Å². The normalized spacial score (nSPS) is 24.9. The van der Waals surface area contributed by atoms with Crippen LogP contribution in [0.1, 0.15) is 31.9 Å². The standard InChI is InChI=1S/C20H29N5O/c1-15-13-19(20(26)23-8-7-21)25(14-15)16(2)17-3-5-18(6-4-17)24-11-9-22-10-12-24/h3-6,15-16,19,22H,8-14H2,1-2H3,(H,23,26)/t15-,16+,19-/m0/s1. The molecule has 2 heterocycles. The number of carbonyl (C=O) groups excluding carboxylic acids is 1. The van der Waals surface area contributed by atoms with E-state index in [4.69, 9.17) is 5.26 Å². The molecule has 0 saturated carbocycles. The number of rotatable bonds is 5. The first kappa shape index (κ1) is 18.7. The summed E-state index contributed by atoms with van der Waals surface area (Å²) in [6.45, 7) is 9.48. The molecule has 1 amide bonds. The van der Waals surface area contributed by atoms with E-state index >= 15 is 0 Å². The molecule has 0 aliphatic carbocycles. The van der Waals surface area contributed by atoms with E-state index in [1.807, 2.05) is 6.07 Å². The van der Waals surface area contributed by atoms with Gasteiger partial charge in [0.2, 0.25) is 5.91 Å². The summed E-state index contributed by atoms with van der Waals surface area (Å²) < 4.78 is 0. The second-order valence-corrected chi connectivity index (χ2v) is 7.43. The zero-order valence-corrected chi connectivity index (χ0v) is 15.7. The van der Waals surface area contributed by atoms with Crippen molar-refractivity contribution in [2.45, 2.75) is 32.4 Å². The molecule has 0 aromatic heterocycles. The van der Waals surface area contributed by atoms with Gasteiger partial charge in [0, 0.05) is 44.5 Å². The summed E-state index contributed by atoms with van der Waals surface area (Å²) in [6, 6.07) is 10.8. The van der Waals surface area contributed by atoms with Crippen LogP contribution in [0.5, 0.6) is 0 Å². The Bertz CT molecular complexity index is 647. The Kier molecular flexibility index (Phi) is 6.12. The fourth-order valence-electron chi connectivity index (χ4n) is 4.09. The fourth-order valence-corrected chi connectivity index (χ4v) is 4.09. The number of anilines is 1. The minimum Gasteiger partial charge on any atom is -0.369 e. The lowest BCUT2D eigenvalue weighted by Gasteiger charge is -2.32. The molecule has 6 heteroatoms. The Labute approximate surface area is 156 Å². The predicted molar refractivity (Wildman–Crippen MR) is 103 cm³/mol. The number of nitrogens with zero attached hydrogens (tertiary/aromatic N) is 3. The number of amides is 1. The maximum atomic E-state index is 12.4. The van der Waals surface area contributed by atoms with Crippen molar-refractivity contribution in [3.05, 3.63) is 29.8 Å². The van der Waals surface area contributed by atoms with Gasteiger partial charge in [-0.25, -0.2) is 0 Å². The predicted octanol–water partition coefficient (Wildman–Crippen LogP) is 1.51. The van der Waals surface area contributed by atoms with E-state index < -0.39 is 0 Å². The Morgan fingerprint density at radius 1 is 1.35 bits per heavy atom. The van der Waals surface area contributed by atoms with Gasteiger partial charge in [0.05, 0.1) is 12.1 Å². The second-order valence-electron chi connectivity index (χ2n) is 7.43. The quantitative estimate of drug-likeness (QED) is 0.784. The van der Waals surface area contributed by atoms with Crippen molar-refractivity contribution >= 4 is 11.6 Å². The first-order valence-corrected chi connectivity index (χ1v) is 9.56. The van der Waals surface area contributed by atoms with Gasteiger partial charge in [-0.3, -0.25) is 9.69 Å². The summed E-state index contributed by atoms with van der Waals surface area (Å²) in [5, 5.41) is 14.8. The average Bonchev–Trinajstić information content (AvgIpc) is 3.08. The van der Waals surface area contributed by atoms with Crippen LogP contribution in [-0.4, -0.2) is 56.1 Å². The van der Waals surface area contributed by atoms with E-state index in [1.165, 1.54) is 11.3 Å². The number of hydrogen-bond donors (Lipinski definition) is 2. The van der Waals surface area contributed by atoms with Crippen LogP contribution in [0.2, 0.25) is 0 Å². The molecule has 1 aromatic rings. The van der Waals surface area contributed by atoms with Crippen molar-refractivity contribution in [1.82, 2.24) is 15.5 Å². The van der Waals surface area contributed by atoms with Crippen molar-refractivity contribution in [3.8, 4) is 6.07 Å². The van der Waals surface area contributed by atoms with E-state index in [0.717, 1.165) is 39.1 Å². The highest BCUT2D eigenvalue weighted by atomic mass is 16.2. The van der Waals surface area contributed by atoms with Crippen molar-refractivity contribution < 1.29 is 4.79 Å². The first-order valence-electron chi connectivity index (χ1n) is 9.56. The van der Waals surface area contributed by atoms with Gasteiger partial charge in [0.15, 0.2) is 0 Å². The van der Waals surface area contributed by atoms with Crippen LogP contribution >= 0.6 is 0 Å². The number of carbonyl (C=O) groups is 1. The molecule has 1 aromatic carbocycles. The van der Waals surface area contributed by atoms with Crippen molar-refractivity contribution in [3.63, 3.8) is 0 Å². The van der Waals surface area contributed by atoms with Crippen LogP contribution in [0.25, 0.3) is 0 Å². The molecule has 0 spiro atoms. The summed E-state index contributed by atoms with van der Waals surface area (Å²) in [7, 11) is 0. The minimum atomic E-state index is -0.152. The topological polar surface area (TPSA) is 71.4 Å². The number of nitriles is 1. The van der Waals surface area contributed by atoms with Gasteiger partial charge < -0.3 is 15.5 Å². The molecule has 2 saturated heterocycles. The maximum absolute atomic E-state index is 12.4. The molecule has 0 radical (unpaired) electrons. The molecule has 2 fully saturated rings. The molecular formula is C20H29N5O. The molecule has 2 N–H and O–H groups in total. The van der Waals surface area contributed by atoms with Crippen LogP contribution in [0.4, 0.5) is 5.69 Å². The second kappa shape index (κ2) is 8.52. The molecule has 2 aliphatic heterocycles. The van der Waals surface area contributed by atoms with Gasteiger partial charge in [-0.1, -0.05) is 19.1 Å². The Morgan fingerprint density at radius 3 is 2.69 bits per heavy atom. The van der Waals surface area contributed by atoms with E-state index in [9.17, 15) is 4.79 Å². The van der Waals surface area contributed by atoms with Crippen LogP contribution in [0.15, 0.2) is 24.3 Å². The molecule has 26 heavy (non-hydrogen) atoms. The number of benzene rings is 1. The molecule has 0 bridgehead atoms. The van der Waals surface area contributed by atoms with E-state index in [1.54, 1.807) is 0 Å². The Hall–Kier alpha value is -2.10. The van der Waals surface area contributed by atoms with E-state index in [-0.39, 0.29) is 24.5 Å². The summed E-state index contributed by atoms with van der Waals surface area (Å²) >= 11 is 0. The lowest BCUT2D eigenvalue weighted by molar-refractivity contribution is -0.125. The van der Waals surface area contributed by atoms with Gasteiger partial charge in [0.25, 0.3) is 0 Å². The van der Waals surface area contributed by atoms with Crippen LogP contribution in [0, 0.1) is 17.2 Å². The fraction of sp³-hybridized carbons (Fsp3) is 0.600. The summed E-state index contributed by atoms with van der Waals surface area (Å²) in [6.07, 6.45) is 0.848. The molecule has 3 rings (SSSR count). The summed E-state index contributed by atoms with van der Waals surface area (Å²) in [5.74, 6) is 0.454. The highest BCUT2D eigenvalue weighted by Crippen LogP contribution is 2.32. The third-order valence-electron chi connectivity index (χ3n) is 5.55. The SMILES string of the molecule is C[C@H]1C[C@@H](C(=O)NCC#N)N([C@H](C)c2ccc(N3CCNCC3)cc2)C1. The number of piperazine rings is 1. The lowest BCUT2D eigenvalue weighted by Crippen LogP contribution is -2.44. The van der Waals surface area contributed by atoms with Crippen molar-refractivity contribution in [1.29, 1.82) is 5.26 Å². The van der Waals surface area contributed by atoms with Crippen molar-refractivity contribution in [2.75, 3.05) is 44.2 Å². The van der Waals surface area contributed by atoms with Crippen LogP contribution in [0.3, 0.4) is 0 Å². The van der Waals surface area contributed by atoms with E-state index in [2.05, 4.69) is 58.5 Å². The van der Waals surface area contributed by atoms with Gasteiger partial charge >= 0.3 is 0 Å². The monoisotopic (exact) mass is 355 g/mol. The van der Waals surface area contributed by atoms with Gasteiger partial charge in [-0.15, -0.1) is 0 Å². The third-order valence-corrected chi connectivity index (χ3v) is 5.55. The van der Waals surface area contributed by atoms with Crippen LogP contribution in [-0.2, 0) is 4.79 Å². The van der Waals surface area contributed by atoms with E-state index in [0.29, 0.717) is 5.92 Å². The zero-order chi connectivity index (χ0) is 18.5. The third kappa shape index (κ3) is 4.17. The molecule has 2 aliphatic rings. The summed E-state index contributed by atoms with van der Waals surface area (Å²) in [4.78, 5) is 17.1. The summed E-state index contributed by atoms with van der Waals surface area (Å²) in [5.41, 5.74) is 2.50. The highest BCUT2D eigenvalue weighted by Gasteiger charge is 2.37. The molecule has 3 atom stereocenters. The lowest BCUT2D eigenvalue weighted by atomic mass is 10.0. The molecular weight excluding hydrogens is 326 g/mol. The largest absolute Gasteiger partial charge is 0.369 e. The van der Waals surface area contributed by atoms with Crippen LogP contribution < -0.4 is 15.5 Å². The highest BCUT2D eigenvalue weighted by molar-refractivity contribution is 5.82. The number of hydrogen-bond acceptors (Lipinski definition) is 5. The number of nitrogens with one attached hydrogen (secondary N) is 2. The Balaban J connectivity index is 1.69. The minimum absolute atomic E-state index is 0.0276. The van der Waals surface area contributed by atoms with Gasteiger partial charge in [0.1, 0.15) is 6.54 Å². The molecule has 140 valence electrons. The van der Waals surface area contributed by atoms with Crippen molar-refractivity contribution in [2.24, 2.45) is 5.92 Å². The number of likely N-dealkylation sites (tertiary alicyclic amines) is 1. The zero-order valence-electron chi connectivity index (χ0n) is 15.7.